The average molecular weight is 359 g/mol. The molecule has 1 N–H and O–H groups in total. The molecule has 0 spiro atoms. The van der Waals surface area contributed by atoms with Gasteiger partial charge in [0.2, 0.25) is 5.91 Å². The maximum Gasteiger partial charge on any atom is 0.264 e. The highest BCUT2D eigenvalue weighted by Gasteiger charge is 2.32. The van der Waals surface area contributed by atoms with Crippen LogP contribution in [0.25, 0.3) is 10.8 Å². The van der Waals surface area contributed by atoms with E-state index in [1.165, 1.54) is 0 Å². The second-order valence-electron chi connectivity index (χ2n) is 6.90. The zero-order valence-corrected chi connectivity index (χ0v) is 14.7. The van der Waals surface area contributed by atoms with Crippen LogP contribution < -0.4 is 15.0 Å². The van der Waals surface area contributed by atoms with Crippen LogP contribution in [0.1, 0.15) is 23.5 Å². The Labute approximate surface area is 155 Å². The molecule has 0 radical (unpaired) electrons. The number of carbonyl (C=O) groups excluding carboxylic acids is 2. The zero-order chi connectivity index (χ0) is 18.5. The summed E-state index contributed by atoms with van der Waals surface area (Å²) >= 11 is 0. The minimum absolute atomic E-state index is 0.00991. The van der Waals surface area contributed by atoms with Crippen molar-refractivity contribution in [1.29, 1.82) is 0 Å². The Morgan fingerprint density at radius 2 is 2.07 bits per heavy atom. The van der Waals surface area contributed by atoms with Crippen LogP contribution in [0.3, 0.4) is 0 Å². The Bertz CT molecular complexity index is 1100. The van der Waals surface area contributed by atoms with Crippen LogP contribution in [0.2, 0.25) is 0 Å². The molecule has 0 aliphatic carbocycles. The topological polar surface area (TPSA) is 71.5 Å². The first-order chi connectivity index (χ1) is 13.1. The molecule has 27 heavy (non-hydrogen) atoms. The molecule has 6 nitrogen and oxygen atoms in total. The summed E-state index contributed by atoms with van der Waals surface area (Å²) < 4.78 is 5.57. The number of aromatic nitrogens is 1. The van der Waals surface area contributed by atoms with Gasteiger partial charge in [-0.25, -0.2) is 0 Å². The molecule has 0 saturated heterocycles. The van der Waals surface area contributed by atoms with Gasteiger partial charge in [0.05, 0.1) is 5.69 Å². The van der Waals surface area contributed by atoms with Crippen LogP contribution in [0.5, 0.6) is 5.75 Å². The monoisotopic (exact) mass is 359 g/mol. The molecule has 1 atom stereocenters. The number of hydrogen-bond acceptors (Lipinski definition) is 4. The third-order valence-electron chi connectivity index (χ3n) is 5.35. The number of ether oxygens (including phenoxy) is 1. The number of anilines is 2. The van der Waals surface area contributed by atoms with Gasteiger partial charge in [0.25, 0.3) is 5.91 Å². The molecule has 1 unspecified atom stereocenters. The number of likely N-dealkylation sites (N-methyl/N-ethyl adjacent to an activating group) is 1. The van der Waals surface area contributed by atoms with Crippen LogP contribution in [0.4, 0.5) is 11.4 Å². The number of nitrogens with zero attached hydrogens (tertiary/aromatic N) is 2. The van der Waals surface area contributed by atoms with Crippen molar-refractivity contribution >= 4 is 34.0 Å². The quantitative estimate of drug-likeness (QED) is 0.725. The molecule has 0 bridgehead atoms. The van der Waals surface area contributed by atoms with E-state index in [0.717, 1.165) is 33.3 Å². The number of nitrogens with one attached hydrogen (secondary N) is 1. The van der Waals surface area contributed by atoms with Gasteiger partial charge in [0, 0.05) is 48.9 Å². The summed E-state index contributed by atoms with van der Waals surface area (Å²) in [5.74, 6) is 0.392. The van der Waals surface area contributed by atoms with Crippen molar-refractivity contribution in [2.75, 3.05) is 23.9 Å². The van der Waals surface area contributed by atoms with Crippen LogP contribution >= 0.6 is 0 Å². The Kier molecular flexibility index (Phi) is 3.40. The Balaban J connectivity index is 1.72. The predicted molar refractivity (Wildman–Crippen MR) is 102 cm³/mol. The van der Waals surface area contributed by atoms with Gasteiger partial charge in [-0.3, -0.25) is 14.6 Å². The van der Waals surface area contributed by atoms with Crippen molar-refractivity contribution < 1.29 is 14.3 Å². The van der Waals surface area contributed by atoms with Gasteiger partial charge >= 0.3 is 0 Å². The van der Waals surface area contributed by atoms with Gasteiger partial charge in [-0.15, -0.1) is 0 Å². The van der Waals surface area contributed by atoms with Gasteiger partial charge in [-0.05, 0) is 28.6 Å². The van der Waals surface area contributed by atoms with E-state index in [1.807, 2.05) is 36.5 Å². The van der Waals surface area contributed by atoms with E-state index >= 15 is 0 Å². The maximum absolute atomic E-state index is 12.4. The van der Waals surface area contributed by atoms with Crippen molar-refractivity contribution in [3.63, 3.8) is 0 Å². The Morgan fingerprint density at radius 1 is 1.19 bits per heavy atom. The summed E-state index contributed by atoms with van der Waals surface area (Å²) in [5.41, 5.74) is 3.54. The first-order valence-corrected chi connectivity index (χ1v) is 8.81. The SMILES string of the molecule is CN1C(=O)COc2cc3c(cc21)C(c1cccc2cnccc12)CC(=O)N3. The molecule has 3 aromatic rings. The van der Waals surface area contributed by atoms with E-state index < -0.39 is 0 Å². The van der Waals surface area contributed by atoms with E-state index in [-0.39, 0.29) is 24.3 Å². The minimum atomic E-state index is -0.101. The van der Waals surface area contributed by atoms with E-state index in [4.69, 9.17) is 4.74 Å². The molecule has 0 saturated carbocycles. The van der Waals surface area contributed by atoms with Crippen molar-refractivity contribution in [2.45, 2.75) is 12.3 Å². The summed E-state index contributed by atoms with van der Waals surface area (Å²) in [6, 6.07) is 11.8. The van der Waals surface area contributed by atoms with E-state index in [1.54, 1.807) is 18.1 Å². The summed E-state index contributed by atoms with van der Waals surface area (Å²) in [6.45, 7) is 0.00991. The van der Waals surface area contributed by atoms with Gasteiger partial charge in [0.1, 0.15) is 5.75 Å². The lowest BCUT2D eigenvalue weighted by Gasteiger charge is -2.32. The lowest BCUT2D eigenvalue weighted by Crippen LogP contribution is -2.36. The van der Waals surface area contributed by atoms with Gasteiger partial charge < -0.3 is 15.0 Å². The average Bonchev–Trinajstić information content (AvgIpc) is 2.69. The zero-order valence-electron chi connectivity index (χ0n) is 14.7. The standard InChI is InChI=1S/C21H17N3O3/c1-24-18-7-16-15(14-4-2-3-12-10-22-6-5-13(12)14)8-20(25)23-17(16)9-19(18)27-11-21(24)26/h2-7,9-10,15H,8,11H2,1H3,(H,23,25). The fourth-order valence-corrected chi connectivity index (χ4v) is 3.96. The van der Waals surface area contributed by atoms with Crippen molar-refractivity contribution in [2.24, 2.45) is 0 Å². The number of pyridine rings is 1. The van der Waals surface area contributed by atoms with Crippen molar-refractivity contribution in [1.82, 2.24) is 4.98 Å². The van der Waals surface area contributed by atoms with Crippen LogP contribution in [-0.4, -0.2) is 30.5 Å². The summed E-state index contributed by atoms with van der Waals surface area (Å²) in [5, 5.41) is 5.07. The molecule has 1 aromatic heterocycles. The molecular weight excluding hydrogens is 342 g/mol. The van der Waals surface area contributed by atoms with Crippen molar-refractivity contribution in [3.8, 4) is 5.75 Å². The van der Waals surface area contributed by atoms with Crippen LogP contribution in [0.15, 0.2) is 48.8 Å². The lowest BCUT2D eigenvalue weighted by atomic mass is 9.82. The van der Waals surface area contributed by atoms with Gasteiger partial charge in [-0.2, -0.15) is 0 Å². The normalized spacial score (nSPS) is 18.6. The maximum atomic E-state index is 12.4. The molecule has 2 aliphatic rings. The largest absolute Gasteiger partial charge is 0.481 e. The number of carbonyl (C=O) groups is 2. The Hall–Kier alpha value is -3.41. The van der Waals surface area contributed by atoms with Crippen LogP contribution in [-0.2, 0) is 9.59 Å². The summed E-state index contributed by atoms with van der Waals surface area (Å²) in [6.07, 6.45) is 3.95. The van der Waals surface area contributed by atoms with Crippen LogP contribution in [0, 0.1) is 0 Å². The first kappa shape index (κ1) is 15.8. The predicted octanol–water partition coefficient (Wildman–Crippen LogP) is 3.06. The molecule has 134 valence electrons. The third-order valence-corrected chi connectivity index (χ3v) is 5.35. The second-order valence-corrected chi connectivity index (χ2v) is 6.90. The smallest absolute Gasteiger partial charge is 0.264 e. The van der Waals surface area contributed by atoms with Crippen molar-refractivity contribution in [3.05, 3.63) is 59.9 Å². The molecule has 2 amide bonds. The van der Waals surface area contributed by atoms with E-state index in [9.17, 15) is 9.59 Å². The van der Waals surface area contributed by atoms with E-state index in [2.05, 4.69) is 16.4 Å². The number of hydrogen-bond donors (Lipinski definition) is 1. The lowest BCUT2D eigenvalue weighted by molar-refractivity contribution is -0.121. The number of fused-ring (bicyclic) bond motifs is 3. The molecule has 5 rings (SSSR count). The van der Waals surface area contributed by atoms with Gasteiger partial charge in [0.15, 0.2) is 6.61 Å². The minimum Gasteiger partial charge on any atom is -0.481 e. The fraction of sp³-hybridized carbons (Fsp3) is 0.190. The first-order valence-electron chi connectivity index (χ1n) is 8.81. The summed E-state index contributed by atoms with van der Waals surface area (Å²) in [4.78, 5) is 30.2. The molecular formula is C21H17N3O3. The highest BCUT2D eigenvalue weighted by atomic mass is 16.5. The summed E-state index contributed by atoms with van der Waals surface area (Å²) in [7, 11) is 1.75. The number of benzene rings is 2. The molecule has 6 heteroatoms. The number of rotatable bonds is 1. The second kappa shape index (κ2) is 5.81. The molecule has 2 aliphatic heterocycles. The highest BCUT2D eigenvalue weighted by Crippen LogP contribution is 2.45. The van der Waals surface area contributed by atoms with E-state index in [0.29, 0.717) is 12.2 Å². The third kappa shape index (κ3) is 2.44. The highest BCUT2D eigenvalue weighted by molar-refractivity contribution is 6.01. The number of amides is 2. The van der Waals surface area contributed by atoms with Gasteiger partial charge in [-0.1, -0.05) is 18.2 Å². The molecule has 0 fully saturated rings. The molecule has 2 aromatic carbocycles. The fourth-order valence-electron chi connectivity index (χ4n) is 3.96. The Morgan fingerprint density at radius 3 is 2.96 bits per heavy atom. The molecule has 3 heterocycles.